The highest BCUT2D eigenvalue weighted by Gasteiger charge is 2.21. The van der Waals surface area contributed by atoms with E-state index in [1.54, 1.807) is 6.07 Å². The van der Waals surface area contributed by atoms with Gasteiger partial charge in [-0.15, -0.1) is 0 Å². The summed E-state index contributed by atoms with van der Waals surface area (Å²) in [6.07, 6.45) is 4.86. The Hall–Kier alpha value is -2.70. The molecule has 1 aromatic heterocycles. The van der Waals surface area contributed by atoms with E-state index >= 15 is 0 Å². The average Bonchev–Trinajstić information content (AvgIpc) is 3.05. The van der Waals surface area contributed by atoms with E-state index in [1.165, 1.54) is 5.56 Å². The Morgan fingerprint density at radius 1 is 1.24 bits per heavy atom. The lowest BCUT2D eigenvalue weighted by Gasteiger charge is -2.37. The van der Waals surface area contributed by atoms with Gasteiger partial charge in [0.1, 0.15) is 5.75 Å². The Kier molecular flexibility index (Phi) is 5.42. The lowest BCUT2D eigenvalue weighted by molar-refractivity contribution is 0.370. The lowest BCUT2D eigenvalue weighted by atomic mass is 10.2. The van der Waals surface area contributed by atoms with Gasteiger partial charge in [0.25, 0.3) is 0 Å². The van der Waals surface area contributed by atoms with Gasteiger partial charge in [0.15, 0.2) is 5.96 Å². The molecule has 1 aliphatic rings. The molecule has 134 valence electrons. The molecule has 0 saturated carbocycles. The molecule has 1 aliphatic heterocycles. The Labute approximate surface area is 148 Å². The zero-order valence-electron chi connectivity index (χ0n) is 14.9. The number of nitrogens with zero attached hydrogens (tertiary/aromatic N) is 5. The molecule has 2 N–H and O–H groups in total. The summed E-state index contributed by atoms with van der Waals surface area (Å²) in [5, 5.41) is 17.6. The molecule has 7 heteroatoms. The molecule has 3 rings (SSSR count). The SMILES string of the molecule is CN=C(NCCc1cnn(C)c1)N1CCN(c2ccccc2O)CC1. The zero-order chi connectivity index (χ0) is 17.6. The second-order valence-electron chi connectivity index (χ2n) is 6.21. The van der Waals surface area contributed by atoms with Gasteiger partial charge in [-0.05, 0) is 24.1 Å². The van der Waals surface area contributed by atoms with Gasteiger partial charge in [-0.1, -0.05) is 12.1 Å². The van der Waals surface area contributed by atoms with Gasteiger partial charge < -0.3 is 20.2 Å². The number of piperazine rings is 1. The zero-order valence-corrected chi connectivity index (χ0v) is 14.9. The minimum Gasteiger partial charge on any atom is -0.506 e. The molecule has 0 atom stereocenters. The van der Waals surface area contributed by atoms with Crippen LogP contribution in [0.3, 0.4) is 0 Å². The number of benzene rings is 1. The minimum atomic E-state index is 0.343. The van der Waals surface area contributed by atoms with Gasteiger partial charge in [0.05, 0.1) is 11.9 Å². The molecular formula is C18H26N6O. The maximum atomic E-state index is 10.0. The molecule has 1 saturated heterocycles. The standard InChI is InChI=1S/C18H26N6O/c1-19-18(20-8-7-15-13-21-22(2)14-15)24-11-9-23(10-12-24)16-5-3-4-6-17(16)25/h3-6,13-14,25H,7-12H2,1-2H3,(H,19,20). The van der Waals surface area contributed by atoms with Gasteiger partial charge in [-0.25, -0.2) is 0 Å². The van der Waals surface area contributed by atoms with Crippen molar-refractivity contribution in [2.75, 3.05) is 44.7 Å². The molecule has 1 aromatic carbocycles. The molecule has 2 heterocycles. The first-order valence-electron chi connectivity index (χ1n) is 8.63. The second kappa shape index (κ2) is 7.92. The molecule has 0 radical (unpaired) electrons. The van der Waals surface area contributed by atoms with Crippen molar-refractivity contribution in [3.8, 4) is 5.75 Å². The minimum absolute atomic E-state index is 0.343. The van der Waals surface area contributed by atoms with Crippen LogP contribution in [-0.2, 0) is 13.5 Å². The number of aryl methyl sites for hydroxylation is 1. The fourth-order valence-electron chi connectivity index (χ4n) is 3.14. The predicted octanol–water partition coefficient (Wildman–Crippen LogP) is 1.07. The van der Waals surface area contributed by atoms with Crippen LogP contribution in [0.2, 0.25) is 0 Å². The number of para-hydroxylation sites is 2. The Balaban J connectivity index is 1.49. The van der Waals surface area contributed by atoms with Gasteiger partial charge >= 0.3 is 0 Å². The van der Waals surface area contributed by atoms with Crippen molar-refractivity contribution in [3.63, 3.8) is 0 Å². The van der Waals surface area contributed by atoms with Crippen molar-refractivity contribution in [2.45, 2.75) is 6.42 Å². The third kappa shape index (κ3) is 4.23. The maximum Gasteiger partial charge on any atom is 0.193 e. The fraction of sp³-hybridized carbons (Fsp3) is 0.444. The van der Waals surface area contributed by atoms with E-state index in [9.17, 15) is 5.11 Å². The van der Waals surface area contributed by atoms with Crippen molar-refractivity contribution in [1.82, 2.24) is 20.0 Å². The van der Waals surface area contributed by atoms with Crippen LogP contribution in [0, 0.1) is 0 Å². The van der Waals surface area contributed by atoms with Crippen molar-refractivity contribution in [2.24, 2.45) is 12.0 Å². The van der Waals surface area contributed by atoms with E-state index in [0.717, 1.165) is 50.8 Å². The molecule has 25 heavy (non-hydrogen) atoms. The molecule has 0 unspecified atom stereocenters. The second-order valence-corrected chi connectivity index (χ2v) is 6.21. The third-order valence-corrected chi connectivity index (χ3v) is 4.47. The summed E-state index contributed by atoms with van der Waals surface area (Å²) >= 11 is 0. The normalized spacial score (nSPS) is 15.5. The highest BCUT2D eigenvalue weighted by Crippen LogP contribution is 2.27. The lowest BCUT2D eigenvalue weighted by Crippen LogP contribution is -2.52. The maximum absolute atomic E-state index is 10.0. The van der Waals surface area contributed by atoms with Crippen LogP contribution in [0.1, 0.15) is 5.56 Å². The molecule has 7 nitrogen and oxygen atoms in total. The quantitative estimate of drug-likeness (QED) is 0.642. The number of guanidine groups is 1. The summed E-state index contributed by atoms with van der Waals surface area (Å²) in [4.78, 5) is 8.89. The monoisotopic (exact) mass is 342 g/mol. The van der Waals surface area contributed by atoms with Crippen molar-refractivity contribution >= 4 is 11.6 Å². The smallest absolute Gasteiger partial charge is 0.193 e. The molecule has 0 aliphatic carbocycles. The number of phenols is 1. The topological polar surface area (TPSA) is 68.9 Å². The summed E-state index contributed by atoms with van der Waals surface area (Å²) in [5.41, 5.74) is 2.12. The van der Waals surface area contributed by atoms with E-state index in [4.69, 9.17) is 0 Å². The van der Waals surface area contributed by atoms with Crippen LogP contribution in [-0.4, -0.2) is 65.5 Å². The average molecular weight is 342 g/mol. The van der Waals surface area contributed by atoms with Gasteiger partial charge in [-0.3, -0.25) is 9.67 Å². The van der Waals surface area contributed by atoms with Crippen molar-refractivity contribution in [3.05, 3.63) is 42.2 Å². The van der Waals surface area contributed by atoms with E-state index in [2.05, 4.69) is 25.2 Å². The molecule has 0 bridgehead atoms. The number of anilines is 1. The van der Waals surface area contributed by atoms with E-state index in [0.29, 0.717) is 5.75 Å². The molecule has 1 fully saturated rings. The Bertz CT molecular complexity index is 718. The van der Waals surface area contributed by atoms with Gasteiger partial charge in [-0.2, -0.15) is 5.10 Å². The summed E-state index contributed by atoms with van der Waals surface area (Å²) in [6.45, 7) is 4.31. The number of aliphatic imine (C=N–C) groups is 1. The molecule has 2 aromatic rings. The first kappa shape index (κ1) is 17.1. The largest absolute Gasteiger partial charge is 0.506 e. The highest BCUT2D eigenvalue weighted by atomic mass is 16.3. The van der Waals surface area contributed by atoms with E-state index < -0.39 is 0 Å². The molecular weight excluding hydrogens is 316 g/mol. The third-order valence-electron chi connectivity index (χ3n) is 4.47. The number of aromatic nitrogens is 2. The van der Waals surface area contributed by atoms with Gasteiger partial charge in [0, 0.05) is 53.0 Å². The van der Waals surface area contributed by atoms with Crippen molar-refractivity contribution in [1.29, 1.82) is 0 Å². The predicted molar refractivity (Wildman–Crippen MR) is 100 cm³/mol. The van der Waals surface area contributed by atoms with Crippen LogP contribution >= 0.6 is 0 Å². The number of nitrogens with one attached hydrogen (secondary N) is 1. The summed E-state index contributed by atoms with van der Waals surface area (Å²) < 4.78 is 1.82. The van der Waals surface area contributed by atoms with Gasteiger partial charge in [0.2, 0.25) is 0 Å². The number of phenolic OH excluding ortho intramolecular Hbond substituents is 1. The number of aromatic hydroxyl groups is 1. The summed E-state index contributed by atoms with van der Waals surface area (Å²) in [6, 6.07) is 7.51. The first-order valence-corrected chi connectivity index (χ1v) is 8.63. The molecule has 0 spiro atoms. The van der Waals surface area contributed by atoms with E-state index in [1.807, 2.05) is 49.4 Å². The Morgan fingerprint density at radius 2 is 2.00 bits per heavy atom. The van der Waals surface area contributed by atoms with Crippen LogP contribution in [0.25, 0.3) is 0 Å². The summed E-state index contributed by atoms with van der Waals surface area (Å²) in [5.74, 6) is 1.27. The van der Waals surface area contributed by atoms with Crippen molar-refractivity contribution < 1.29 is 5.11 Å². The molecule has 0 amide bonds. The highest BCUT2D eigenvalue weighted by molar-refractivity contribution is 5.80. The Morgan fingerprint density at radius 3 is 2.64 bits per heavy atom. The van der Waals surface area contributed by atoms with Crippen LogP contribution in [0.15, 0.2) is 41.7 Å². The number of hydrogen-bond donors (Lipinski definition) is 2. The van der Waals surface area contributed by atoms with E-state index in [-0.39, 0.29) is 0 Å². The first-order chi connectivity index (χ1) is 12.2. The number of rotatable bonds is 4. The van der Waals surface area contributed by atoms with Crippen LogP contribution in [0.5, 0.6) is 5.75 Å². The fourth-order valence-corrected chi connectivity index (χ4v) is 3.14. The van der Waals surface area contributed by atoms with Crippen LogP contribution in [0.4, 0.5) is 5.69 Å². The summed E-state index contributed by atoms with van der Waals surface area (Å²) in [7, 11) is 3.75. The number of hydrogen-bond acceptors (Lipinski definition) is 4. The van der Waals surface area contributed by atoms with Crippen LogP contribution < -0.4 is 10.2 Å².